The van der Waals surface area contributed by atoms with Crippen LogP contribution in [0, 0.1) is 11.8 Å². The summed E-state index contributed by atoms with van der Waals surface area (Å²) in [6.07, 6.45) is 5.95. The molecule has 2 heterocycles. The van der Waals surface area contributed by atoms with Crippen LogP contribution in [0.25, 0.3) is 0 Å². The van der Waals surface area contributed by atoms with Gasteiger partial charge in [0.2, 0.25) is 0 Å². The monoisotopic (exact) mass is 314 g/mol. The number of ether oxygens (including phenoxy) is 1. The Balaban J connectivity index is 1.31. The molecular formula is C20H30N2O. The van der Waals surface area contributed by atoms with Gasteiger partial charge in [-0.1, -0.05) is 36.8 Å². The van der Waals surface area contributed by atoms with Crippen LogP contribution in [0.15, 0.2) is 30.3 Å². The van der Waals surface area contributed by atoms with E-state index in [1.165, 1.54) is 37.9 Å². The van der Waals surface area contributed by atoms with E-state index < -0.39 is 0 Å². The quantitative estimate of drug-likeness (QED) is 0.850. The van der Waals surface area contributed by atoms with Gasteiger partial charge in [-0.25, -0.2) is 0 Å². The molecule has 1 saturated carbocycles. The zero-order valence-electron chi connectivity index (χ0n) is 14.2. The van der Waals surface area contributed by atoms with Crippen LogP contribution in [0.1, 0.15) is 31.2 Å². The maximum Gasteiger partial charge on any atom is 0.0828 e. The van der Waals surface area contributed by atoms with Crippen LogP contribution in [0.5, 0.6) is 0 Å². The van der Waals surface area contributed by atoms with Crippen molar-refractivity contribution in [3.05, 3.63) is 35.9 Å². The maximum atomic E-state index is 6.17. The molecule has 3 fully saturated rings. The van der Waals surface area contributed by atoms with Gasteiger partial charge < -0.3 is 9.64 Å². The molecule has 2 saturated heterocycles. The molecule has 1 aromatic carbocycles. The van der Waals surface area contributed by atoms with Crippen molar-refractivity contribution in [2.45, 2.75) is 38.3 Å². The van der Waals surface area contributed by atoms with Crippen LogP contribution < -0.4 is 0 Å². The highest BCUT2D eigenvalue weighted by Crippen LogP contribution is 2.37. The van der Waals surface area contributed by atoms with Crippen molar-refractivity contribution in [1.82, 2.24) is 9.80 Å². The topological polar surface area (TPSA) is 15.7 Å². The summed E-state index contributed by atoms with van der Waals surface area (Å²) in [5, 5.41) is 0. The molecule has 1 aromatic rings. The van der Waals surface area contributed by atoms with Crippen LogP contribution in [0.3, 0.4) is 0 Å². The lowest BCUT2D eigenvalue weighted by Crippen LogP contribution is -2.39. The van der Waals surface area contributed by atoms with E-state index in [2.05, 4.69) is 40.1 Å². The van der Waals surface area contributed by atoms with Gasteiger partial charge in [-0.05, 0) is 36.7 Å². The third-order valence-electron chi connectivity index (χ3n) is 5.95. The fourth-order valence-electron chi connectivity index (χ4n) is 4.84. The second-order valence-corrected chi connectivity index (χ2v) is 7.74. The van der Waals surface area contributed by atoms with Crippen molar-refractivity contribution in [1.29, 1.82) is 0 Å². The molecule has 0 N–H and O–H groups in total. The Hall–Kier alpha value is -0.900. The van der Waals surface area contributed by atoms with Gasteiger partial charge in [0.15, 0.2) is 0 Å². The highest BCUT2D eigenvalue weighted by molar-refractivity contribution is 5.14. The second-order valence-electron chi connectivity index (χ2n) is 7.74. The number of fused-ring (bicyclic) bond motifs is 1. The predicted molar refractivity (Wildman–Crippen MR) is 93.3 cm³/mol. The second kappa shape index (κ2) is 7.33. The maximum absolute atomic E-state index is 6.17. The summed E-state index contributed by atoms with van der Waals surface area (Å²) in [4.78, 5) is 5.27. The SMILES string of the molecule is c1ccc(CN2CCCOC(CN3C[C@H]4CCC[C@H]4C3)C2)cc1. The van der Waals surface area contributed by atoms with E-state index in [1.54, 1.807) is 0 Å². The van der Waals surface area contributed by atoms with E-state index in [1.807, 2.05) is 0 Å². The molecule has 0 radical (unpaired) electrons. The number of hydrogen-bond donors (Lipinski definition) is 0. The summed E-state index contributed by atoms with van der Waals surface area (Å²) in [5.74, 6) is 1.97. The van der Waals surface area contributed by atoms with Gasteiger partial charge in [0, 0.05) is 45.9 Å². The number of likely N-dealkylation sites (tertiary alicyclic amines) is 1. The van der Waals surface area contributed by atoms with Crippen LogP contribution in [-0.2, 0) is 11.3 Å². The molecule has 3 aliphatic rings. The third-order valence-corrected chi connectivity index (χ3v) is 5.95. The number of hydrogen-bond acceptors (Lipinski definition) is 3. The number of benzene rings is 1. The zero-order valence-corrected chi connectivity index (χ0v) is 14.2. The smallest absolute Gasteiger partial charge is 0.0828 e. The van der Waals surface area contributed by atoms with Crippen LogP contribution in [0.4, 0.5) is 0 Å². The fraction of sp³-hybridized carbons (Fsp3) is 0.700. The standard InChI is InChI=1S/C20H30N2O/c1-2-6-17(7-3-1)12-21-10-5-11-23-20(15-21)16-22-13-18-8-4-9-19(18)14-22/h1-3,6-7,18-20H,4-5,8-16H2/t18-,19+,20?. The molecule has 3 heteroatoms. The number of rotatable bonds is 4. The van der Waals surface area contributed by atoms with Gasteiger partial charge >= 0.3 is 0 Å². The molecule has 23 heavy (non-hydrogen) atoms. The van der Waals surface area contributed by atoms with E-state index in [9.17, 15) is 0 Å². The first kappa shape index (κ1) is 15.6. The first-order valence-corrected chi connectivity index (χ1v) is 9.47. The zero-order chi connectivity index (χ0) is 15.5. The van der Waals surface area contributed by atoms with Crippen LogP contribution in [-0.4, -0.2) is 55.2 Å². The Kier molecular flexibility index (Phi) is 4.98. The highest BCUT2D eigenvalue weighted by Gasteiger charge is 2.37. The first-order valence-electron chi connectivity index (χ1n) is 9.47. The van der Waals surface area contributed by atoms with Crippen molar-refractivity contribution in [3.8, 4) is 0 Å². The average molecular weight is 314 g/mol. The van der Waals surface area contributed by atoms with Crippen LogP contribution >= 0.6 is 0 Å². The van der Waals surface area contributed by atoms with Gasteiger partial charge in [-0.2, -0.15) is 0 Å². The fourth-order valence-corrected chi connectivity index (χ4v) is 4.84. The van der Waals surface area contributed by atoms with Gasteiger partial charge in [-0.3, -0.25) is 4.90 Å². The highest BCUT2D eigenvalue weighted by atomic mass is 16.5. The summed E-state index contributed by atoms with van der Waals surface area (Å²) in [6, 6.07) is 10.9. The molecule has 0 bridgehead atoms. The molecule has 1 unspecified atom stereocenters. The average Bonchev–Trinajstić information content (AvgIpc) is 3.06. The molecule has 126 valence electrons. The van der Waals surface area contributed by atoms with E-state index in [0.717, 1.165) is 51.0 Å². The summed E-state index contributed by atoms with van der Waals surface area (Å²) < 4.78 is 6.17. The Labute approximate surface area is 140 Å². The molecule has 4 rings (SSSR count). The molecule has 0 spiro atoms. The first-order chi connectivity index (χ1) is 11.4. The minimum atomic E-state index is 0.389. The summed E-state index contributed by atoms with van der Waals surface area (Å²) in [5.41, 5.74) is 1.42. The minimum Gasteiger partial charge on any atom is -0.376 e. The van der Waals surface area contributed by atoms with Crippen LogP contribution in [0.2, 0.25) is 0 Å². The van der Waals surface area contributed by atoms with Gasteiger partial charge in [0.1, 0.15) is 0 Å². The van der Waals surface area contributed by atoms with Crippen molar-refractivity contribution >= 4 is 0 Å². The molecule has 2 aliphatic heterocycles. The van der Waals surface area contributed by atoms with Gasteiger partial charge in [0.05, 0.1) is 6.10 Å². The molecular weight excluding hydrogens is 284 g/mol. The summed E-state index contributed by atoms with van der Waals surface area (Å²) >= 11 is 0. The van der Waals surface area contributed by atoms with E-state index in [4.69, 9.17) is 4.74 Å². The van der Waals surface area contributed by atoms with Crippen molar-refractivity contribution in [3.63, 3.8) is 0 Å². The normalized spacial score (nSPS) is 32.8. The molecule has 3 nitrogen and oxygen atoms in total. The summed E-state index contributed by atoms with van der Waals surface area (Å²) in [7, 11) is 0. The summed E-state index contributed by atoms with van der Waals surface area (Å²) in [6.45, 7) is 8.02. The molecule has 0 aromatic heterocycles. The van der Waals surface area contributed by atoms with Crippen molar-refractivity contribution in [2.75, 3.05) is 39.3 Å². The van der Waals surface area contributed by atoms with E-state index in [0.29, 0.717) is 6.10 Å². The van der Waals surface area contributed by atoms with E-state index in [-0.39, 0.29) is 0 Å². The van der Waals surface area contributed by atoms with Gasteiger partial charge in [-0.15, -0.1) is 0 Å². The lowest BCUT2D eigenvalue weighted by Gasteiger charge is -2.27. The van der Waals surface area contributed by atoms with Crippen molar-refractivity contribution in [2.24, 2.45) is 11.8 Å². The largest absolute Gasteiger partial charge is 0.376 e. The predicted octanol–water partition coefficient (Wildman–Crippen LogP) is 3.01. The van der Waals surface area contributed by atoms with Gasteiger partial charge in [0.25, 0.3) is 0 Å². The van der Waals surface area contributed by atoms with E-state index >= 15 is 0 Å². The lowest BCUT2D eigenvalue weighted by atomic mass is 10.0. The Bertz CT molecular complexity index is 480. The lowest BCUT2D eigenvalue weighted by molar-refractivity contribution is 0.0292. The van der Waals surface area contributed by atoms with Crippen molar-refractivity contribution < 1.29 is 4.74 Å². The Morgan fingerprint density at radius 3 is 2.48 bits per heavy atom. The molecule has 1 aliphatic carbocycles. The molecule has 3 atom stereocenters. The third kappa shape index (κ3) is 3.96. The number of nitrogens with zero attached hydrogens (tertiary/aromatic N) is 2. The molecule has 0 amide bonds. The minimum absolute atomic E-state index is 0.389. The Morgan fingerprint density at radius 2 is 1.70 bits per heavy atom. The Morgan fingerprint density at radius 1 is 0.913 bits per heavy atom.